The van der Waals surface area contributed by atoms with Crippen molar-refractivity contribution in [3.63, 3.8) is 0 Å². The van der Waals surface area contributed by atoms with Gasteiger partial charge in [-0.1, -0.05) is 12.1 Å². The summed E-state index contributed by atoms with van der Waals surface area (Å²) in [6.07, 6.45) is -3.64. The molecule has 2 rings (SSSR count). The molecule has 0 saturated carbocycles. The molecule has 1 fully saturated rings. The molecule has 2 atom stereocenters. The summed E-state index contributed by atoms with van der Waals surface area (Å²) in [6, 6.07) is 4.60. The molecule has 0 aliphatic carbocycles. The van der Waals surface area contributed by atoms with Crippen LogP contribution >= 0.6 is 12.4 Å². The zero-order chi connectivity index (χ0) is 15.7. The van der Waals surface area contributed by atoms with Crippen LogP contribution in [0, 0.1) is 5.41 Å². The Hall–Kier alpha value is -1.27. The Morgan fingerprint density at radius 2 is 2.09 bits per heavy atom. The minimum absolute atomic E-state index is 0. The first-order valence-corrected chi connectivity index (χ1v) is 6.91. The van der Waals surface area contributed by atoms with E-state index in [1.807, 2.05) is 6.92 Å². The average Bonchev–Trinajstić information content (AvgIpc) is 2.86. The normalized spacial score (nSPS) is 22.8. The molecule has 1 aromatic rings. The number of hydrogen-bond donors (Lipinski definition) is 2. The van der Waals surface area contributed by atoms with E-state index in [-0.39, 0.29) is 18.3 Å². The zero-order valence-corrected chi connectivity index (χ0v) is 13.3. The van der Waals surface area contributed by atoms with E-state index in [2.05, 4.69) is 10.6 Å². The Morgan fingerprint density at radius 3 is 2.64 bits per heavy atom. The predicted molar refractivity (Wildman–Crippen MR) is 80.8 cm³/mol. The van der Waals surface area contributed by atoms with E-state index in [9.17, 15) is 18.0 Å². The number of alkyl halides is 3. The van der Waals surface area contributed by atoms with Crippen LogP contribution in [0.4, 0.5) is 13.2 Å². The van der Waals surface area contributed by atoms with Gasteiger partial charge in [0.2, 0.25) is 5.91 Å². The summed E-state index contributed by atoms with van der Waals surface area (Å²) in [7, 11) is 0. The summed E-state index contributed by atoms with van der Waals surface area (Å²) < 4.78 is 38.1. The van der Waals surface area contributed by atoms with Crippen LogP contribution in [0.3, 0.4) is 0 Å². The number of halogens is 4. The first kappa shape index (κ1) is 18.8. The third-order valence-corrected chi connectivity index (χ3v) is 3.98. The fourth-order valence-electron chi connectivity index (χ4n) is 2.45. The standard InChI is InChI=1S/C15H19F3N2O.ClH/c1-10(20-13(21)14(2)6-7-19-9-14)11-4-3-5-12(8-11)15(16,17)18;/h3-5,8,10,19H,6-7,9H2,1-2H3,(H,20,21);1H. The smallest absolute Gasteiger partial charge is 0.349 e. The molecule has 22 heavy (non-hydrogen) atoms. The number of amides is 1. The predicted octanol–water partition coefficient (Wildman–Crippen LogP) is 3.30. The number of carbonyl (C=O) groups excluding carboxylic acids is 1. The Balaban J connectivity index is 0.00000242. The third-order valence-electron chi connectivity index (χ3n) is 3.98. The van der Waals surface area contributed by atoms with Crippen LogP contribution in [-0.4, -0.2) is 19.0 Å². The van der Waals surface area contributed by atoms with Crippen LogP contribution in [0.1, 0.15) is 37.4 Å². The van der Waals surface area contributed by atoms with Crippen LogP contribution in [0.15, 0.2) is 24.3 Å². The number of nitrogens with one attached hydrogen (secondary N) is 2. The van der Waals surface area contributed by atoms with Crippen molar-refractivity contribution in [1.29, 1.82) is 0 Å². The highest BCUT2D eigenvalue weighted by Crippen LogP contribution is 2.31. The summed E-state index contributed by atoms with van der Waals surface area (Å²) in [5.74, 6) is -0.127. The van der Waals surface area contributed by atoms with Gasteiger partial charge in [-0.3, -0.25) is 4.79 Å². The summed E-state index contributed by atoms with van der Waals surface area (Å²) >= 11 is 0. The Bertz CT molecular complexity index is 528. The summed E-state index contributed by atoms with van der Waals surface area (Å²) in [4.78, 5) is 12.3. The molecule has 0 aromatic heterocycles. The lowest BCUT2D eigenvalue weighted by molar-refractivity contribution is -0.137. The van der Waals surface area contributed by atoms with Gasteiger partial charge in [-0.25, -0.2) is 0 Å². The van der Waals surface area contributed by atoms with Gasteiger partial charge in [0.1, 0.15) is 0 Å². The average molecular weight is 337 g/mol. The van der Waals surface area contributed by atoms with Crippen LogP contribution in [-0.2, 0) is 11.0 Å². The molecule has 1 aliphatic heterocycles. The van der Waals surface area contributed by atoms with E-state index in [0.717, 1.165) is 25.1 Å². The fraction of sp³-hybridized carbons (Fsp3) is 0.533. The monoisotopic (exact) mass is 336 g/mol. The van der Waals surface area contributed by atoms with Gasteiger partial charge in [-0.05, 0) is 44.5 Å². The highest BCUT2D eigenvalue weighted by atomic mass is 35.5. The van der Waals surface area contributed by atoms with Gasteiger partial charge in [0.15, 0.2) is 0 Å². The van der Waals surface area contributed by atoms with Gasteiger partial charge < -0.3 is 10.6 Å². The van der Waals surface area contributed by atoms with Gasteiger partial charge in [-0.2, -0.15) is 13.2 Å². The van der Waals surface area contributed by atoms with E-state index < -0.39 is 23.2 Å². The quantitative estimate of drug-likeness (QED) is 0.889. The number of hydrogen-bond acceptors (Lipinski definition) is 2. The Morgan fingerprint density at radius 1 is 1.41 bits per heavy atom. The van der Waals surface area contributed by atoms with Crippen molar-refractivity contribution < 1.29 is 18.0 Å². The van der Waals surface area contributed by atoms with Gasteiger partial charge in [-0.15, -0.1) is 12.4 Å². The maximum atomic E-state index is 12.7. The lowest BCUT2D eigenvalue weighted by atomic mass is 9.88. The number of carbonyl (C=O) groups is 1. The molecule has 1 saturated heterocycles. The number of benzene rings is 1. The second kappa shape index (κ2) is 6.87. The van der Waals surface area contributed by atoms with Crippen LogP contribution < -0.4 is 10.6 Å². The van der Waals surface area contributed by atoms with Gasteiger partial charge >= 0.3 is 6.18 Å². The Labute approximate surface area is 134 Å². The van der Waals surface area contributed by atoms with Gasteiger partial charge in [0.05, 0.1) is 17.0 Å². The van der Waals surface area contributed by atoms with Crippen LogP contribution in [0.5, 0.6) is 0 Å². The van der Waals surface area contributed by atoms with E-state index in [4.69, 9.17) is 0 Å². The molecule has 0 spiro atoms. The second-order valence-corrected chi connectivity index (χ2v) is 5.81. The molecule has 1 heterocycles. The molecular formula is C15H20ClF3N2O. The first-order chi connectivity index (χ1) is 9.72. The van der Waals surface area contributed by atoms with Crippen molar-refractivity contribution in [3.8, 4) is 0 Å². The fourth-order valence-corrected chi connectivity index (χ4v) is 2.45. The molecule has 0 bridgehead atoms. The van der Waals surface area contributed by atoms with Crippen molar-refractivity contribution in [3.05, 3.63) is 35.4 Å². The number of rotatable bonds is 3. The highest BCUT2D eigenvalue weighted by molar-refractivity contribution is 5.85. The topological polar surface area (TPSA) is 41.1 Å². The lowest BCUT2D eigenvalue weighted by Gasteiger charge is -2.25. The van der Waals surface area contributed by atoms with E-state index in [0.29, 0.717) is 12.1 Å². The van der Waals surface area contributed by atoms with Gasteiger partial charge in [0, 0.05) is 6.54 Å². The van der Waals surface area contributed by atoms with Crippen molar-refractivity contribution in [2.75, 3.05) is 13.1 Å². The van der Waals surface area contributed by atoms with E-state index >= 15 is 0 Å². The van der Waals surface area contributed by atoms with Crippen LogP contribution in [0.25, 0.3) is 0 Å². The van der Waals surface area contributed by atoms with Crippen molar-refractivity contribution >= 4 is 18.3 Å². The van der Waals surface area contributed by atoms with Crippen molar-refractivity contribution in [2.24, 2.45) is 5.41 Å². The first-order valence-electron chi connectivity index (χ1n) is 6.91. The van der Waals surface area contributed by atoms with Crippen molar-refractivity contribution in [1.82, 2.24) is 10.6 Å². The molecule has 7 heteroatoms. The molecule has 1 aromatic carbocycles. The molecule has 1 aliphatic rings. The minimum Gasteiger partial charge on any atom is -0.349 e. The lowest BCUT2D eigenvalue weighted by Crippen LogP contribution is -2.41. The third kappa shape index (κ3) is 4.14. The highest BCUT2D eigenvalue weighted by Gasteiger charge is 2.37. The Kier molecular flexibility index (Phi) is 5.87. The molecule has 1 amide bonds. The van der Waals surface area contributed by atoms with Crippen LogP contribution in [0.2, 0.25) is 0 Å². The molecular weight excluding hydrogens is 317 g/mol. The molecule has 2 unspecified atom stereocenters. The molecule has 3 nitrogen and oxygen atoms in total. The summed E-state index contributed by atoms with van der Waals surface area (Å²) in [5.41, 5.74) is -0.738. The maximum absolute atomic E-state index is 12.7. The van der Waals surface area contributed by atoms with Crippen molar-refractivity contribution in [2.45, 2.75) is 32.5 Å². The van der Waals surface area contributed by atoms with Gasteiger partial charge in [0.25, 0.3) is 0 Å². The largest absolute Gasteiger partial charge is 0.416 e. The summed E-state index contributed by atoms with van der Waals surface area (Å²) in [6.45, 7) is 4.93. The molecule has 0 radical (unpaired) electrons. The van der Waals surface area contributed by atoms with E-state index in [1.165, 1.54) is 6.07 Å². The SMILES string of the molecule is CC(NC(=O)C1(C)CCNC1)c1cccc(C(F)(F)F)c1.Cl. The maximum Gasteiger partial charge on any atom is 0.416 e. The molecule has 2 N–H and O–H groups in total. The van der Waals surface area contributed by atoms with E-state index in [1.54, 1.807) is 13.0 Å². The minimum atomic E-state index is -4.37. The second-order valence-electron chi connectivity index (χ2n) is 5.81. The summed E-state index contributed by atoms with van der Waals surface area (Å²) in [5, 5.41) is 5.94. The zero-order valence-electron chi connectivity index (χ0n) is 12.5. The molecule has 124 valence electrons.